The first kappa shape index (κ1) is 14.4. The van der Waals surface area contributed by atoms with Gasteiger partial charge in [-0.25, -0.2) is 0 Å². The lowest BCUT2D eigenvalue weighted by Crippen LogP contribution is -2.40. The molecule has 22 heavy (non-hydrogen) atoms. The molecule has 1 aliphatic heterocycles. The van der Waals surface area contributed by atoms with Crippen molar-refractivity contribution in [3.05, 3.63) is 29.3 Å². The van der Waals surface area contributed by atoms with Crippen LogP contribution >= 0.6 is 22.9 Å². The summed E-state index contributed by atoms with van der Waals surface area (Å²) in [7, 11) is 0. The first-order valence-electron chi connectivity index (χ1n) is 7.88. The Morgan fingerprint density at radius 3 is 2.59 bits per heavy atom. The van der Waals surface area contributed by atoms with Gasteiger partial charge in [0.1, 0.15) is 0 Å². The summed E-state index contributed by atoms with van der Waals surface area (Å²) in [6, 6.07) is 9.18. The molecule has 2 aliphatic rings. The summed E-state index contributed by atoms with van der Waals surface area (Å²) < 4.78 is 0. The molecular formula is C16H19ClN4S. The number of piperidine rings is 1. The average molecular weight is 335 g/mol. The van der Waals surface area contributed by atoms with Crippen LogP contribution in [0.5, 0.6) is 0 Å². The molecule has 1 N–H and O–H groups in total. The van der Waals surface area contributed by atoms with Crippen molar-refractivity contribution in [2.45, 2.75) is 37.8 Å². The molecule has 1 saturated carbocycles. The molecule has 1 aliphatic carbocycles. The van der Waals surface area contributed by atoms with E-state index < -0.39 is 0 Å². The van der Waals surface area contributed by atoms with E-state index in [2.05, 4.69) is 20.4 Å². The predicted octanol–water partition coefficient (Wildman–Crippen LogP) is 3.90. The highest BCUT2D eigenvalue weighted by molar-refractivity contribution is 7.18. The van der Waals surface area contributed by atoms with Crippen LogP contribution in [0.15, 0.2) is 24.3 Å². The second-order valence-electron chi connectivity index (χ2n) is 6.08. The number of nitrogens with one attached hydrogen (secondary N) is 1. The predicted molar refractivity (Wildman–Crippen MR) is 91.6 cm³/mol. The second kappa shape index (κ2) is 6.14. The fourth-order valence-corrected chi connectivity index (χ4v) is 4.19. The number of hydrogen-bond donors (Lipinski definition) is 1. The van der Waals surface area contributed by atoms with E-state index in [-0.39, 0.29) is 0 Å². The van der Waals surface area contributed by atoms with Crippen molar-refractivity contribution in [3.63, 3.8) is 0 Å². The van der Waals surface area contributed by atoms with Crippen LogP contribution in [0.2, 0.25) is 5.02 Å². The molecule has 2 heterocycles. The zero-order valence-corrected chi connectivity index (χ0v) is 13.9. The van der Waals surface area contributed by atoms with Crippen molar-refractivity contribution in [1.82, 2.24) is 15.1 Å². The van der Waals surface area contributed by atoms with Crippen LogP contribution in [-0.4, -0.2) is 40.3 Å². The maximum Gasteiger partial charge on any atom is 0.206 e. The molecule has 0 atom stereocenters. The largest absolute Gasteiger partial charge is 0.357 e. The third-order valence-electron chi connectivity index (χ3n) is 4.45. The summed E-state index contributed by atoms with van der Waals surface area (Å²) >= 11 is 7.81. The van der Waals surface area contributed by atoms with Crippen LogP contribution in [-0.2, 0) is 0 Å². The lowest BCUT2D eigenvalue weighted by atomic mass is 10.1. The number of halogens is 1. The van der Waals surface area contributed by atoms with Crippen LogP contribution in [0.1, 0.15) is 25.7 Å². The molecule has 0 amide bonds. The Kier molecular flexibility index (Phi) is 4.03. The summed E-state index contributed by atoms with van der Waals surface area (Å²) in [6.07, 6.45) is 5.18. The Labute approximate surface area is 139 Å². The SMILES string of the molecule is Clc1ccccc1-c1nnc(NC2CCN(C3CC3)CC2)s1. The van der Waals surface area contributed by atoms with Gasteiger partial charge in [0, 0.05) is 30.7 Å². The summed E-state index contributed by atoms with van der Waals surface area (Å²) in [5, 5.41) is 14.6. The van der Waals surface area contributed by atoms with E-state index in [1.807, 2.05) is 24.3 Å². The molecule has 0 bridgehead atoms. The number of anilines is 1. The molecule has 2 aromatic rings. The maximum absolute atomic E-state index is 6.22. The summed E-state index contributed by atoms with van der Waals surface area (Å²) in [6.45, 7) is 2.41. The Balaban J connectivity index is 1.39. The minimum absolute atomic E-state index is 0.516. The first-order chi connectivity index (χ1) is 10.8. The summed E-state index contributed by atoms with van der Waals surface area (Å²) in [4.78, 5) is 2.63. The number of benzene rings is 1. The molecule has 0 spiro atoms. The van der Waals surface area contributed by atoms with E-state index in [1.165, 1.54) is 38.8 Å². The van der Waals surface area contributed by atoms with Crippen molar-refractivity contribution in [2.24, 2.45) is 0 Å². The zero-order chi connectivity index (χ0) is 14.9. The van der Waals surface area contributed by atoms with Crippen molar-refractivity contribution in [1.29, 1.82) is 0 Å². The highest BCUT2D eigenvalue weighted by Gasteiger charge is 2.31. The van der Waals surface area contributed by atoms with Gasteiger partial charge in [-0.05, 0) is 31.7 Å². The van der Waals surface area contributed by atoms with Crippen molar-refractivity contribution in [2.75, 3.05) is 18.4 Å². The van der Waals surface area contributed by atoms with E-state index >= 15 is 0 Å². The van der Waals surface area contributed by atoms with E-state index in [9.17, 15) is 0 Å². The number of likely N-dealkylation sites (tertiary alicyclic amines) is 1. The monoisotopic (exact) mass is 334 g/mol. The van der Waals surface area contributed by atoms with Gasteiger partial charge in [-0.1, -0.05) is 41.1 Å². The van der Waals surface area contributed by atoms with Crippen LogP contribution < -0.4 is 5.32 Å². The molecule has 2 fully saturated rings. The van der Waals surface area contributed by atoms with Gasteiger partial charge in [0.05, 0.1) is 5.02 Å². The molecule has 1 saturated heterocycles. The number of aromatic nitrogens is 2. The Bertz CT molecular complexity index is 647. The fraction of sp³-hybridized carbons (Fsp3) is 0.500. The van der Waals surface area contributed by atoms with Gasteiger partial charge in [-0.15, -0.1) is 10.2 Å². The normalized spacial score (nSPS) is 20.2. The molecule has 0 unspecified atom stereocenters. The molecule has 116 valence electrons. The number of hydrogen-bond acceptors (Lipinski definition) is 5. The van der Waals surface area contributed by atoms with Crippen molar-refractivity contribution in [3.8, 4) is 10.6 Å². The molecule has 6 heteroatoms. The zero-order valence-electron chi connectivity index (χ0n) is 12.3. The Morgan fingerprint density at radius 2 is 1.86 bits per heavy atom. The Morgan fingerprint density at radius 1 is 1.09 bits per heavy atom. The lowest BCUT2D eigenvalue weighted by Gasteiger charge is -2.32. The van der Waals surface area contributed by atoms with Gasteiger partial charge in [0.15, 0.2) is 5.01 Å². The quantitative estimate of drug-likeness (QED) is 0.920. The highest BCUT2D eigenvalue weighted by atomic mass is 35.5. The van der Waals surface area contributed by atoms with Gasteiger partial charge in [-0.2, -0.15) is 0 Å². The topological polar surface area (TPSA) is 41.1 Å². The molecule has 4 nitrogen and oxygen atoms in total. The molecule has 4 rings (SSSR count). The van der Waals surface area contributed by atoms with Gasteiger partial charge < -0.3 is 10.2 Å². The standard InChI is InChI=1S/C16H19ClN4S/c17-14-4-2-1-3-13(14)15-19-20-16(22-15)18-11-7-9-21(10-8-11)12-5-6-12/h1-4,11-12H,5-10H2,(H,18,20). The van der Waals surface area contributed by atoms with E-state index in [4.69, 9.17) is 11.6 Å². The molecule has 1 aromatic carbocycles. The second-order valence-corrected chi connectivity index (χ2v) is 7.46. The minimum Gasteiger partial charge on any atom is -0.357 e. The number of nitrogens with zero attached hydrogens (tertiary/aromatic N) is 3. The van der Waals surface area contributed by atoms with Crippen LogP contribution in [0.25, 0.3) is 10.6 Å². The highest BCUT2D eigenvalue weighted by Crippen LogP contribution is 2.33. The third-order valence-corrected chi connectivity index (χ3v) is 5.67. The van der Waals surface area contributed by atoms with Crippen LogP contribution in [0, 0.1) is 0 Å². The number of rotatable bonds is 4. The van der Waals surface area contributed by atoms with E-state index in [1.54, 1.807) is 11.3 Å². The Hall–Kier alpha value is -1.17. The third kappa shape index (κ3) is 3.12. The van der Waals surface area contributed by atoms with Crippen LogP contribution in [0.4, 0.5) is 5.13 Å². The smallest absolute Gasteiger partial charge is 0.206 e. The van der Waals surface area contributed by atoms with Gasteiger partial charge in [0.2, 0.25) is 5.13 Å². The lowest BCUT2D eigenvalue weighted by molar-refractivity contribution is 0.210. The molecule has 0 radical (unpaired) electrons. The van der Waals surface area contributed by atoms with Crippen molar-refractivity contribution < 1.29 is 0 Å². The van der Waals surface area contributed by atoms with E-state index in [0.29, 0.717) is 6.04 Å². The minimum atomic E-state index is 0.516. The van der Waals surface area contributed by atoms with Gasteiger partial charge in [0.25, 0.3) is 0 Å². The molecular weight excluding hydrogens is 316 g/mol. The summed E-state index contributed by atoms with van der Waals surface area (Å²) in [5.41, 5.74) is 0.957. The maximum atomic E-state index is 6.22. The average Bonchev–Trinajstić information content (AvgIpc) is 3.29. The van der Waals surface area contributed by atoms with Gasteiger partial charge >= 0.3 is 0 Å². The van der Waals surface area contributed by atoms with Crippen molar-refractivity contribution >= 4 is 28.1 Å². The fourth-order valence-electron chi connectivity index (χ4n) is 3.05. The van der Waals surface area contributed by atoms with Crippen LogP contribution in [0.3, 0.4) is 0 Å². The molecule has 1 aromatic heterocycles. The van der Waals surface area contributed by atoms with Gasteiger partial charge in [-0.3, -0.25) is 0 Å². The van der Waals surface area contributed by atoms with E-state index in [0.717, 1.165) is 26.8 Å². The first-order valence-corrected chi connectivity index (χ1v) is 9.08. The summed E-state index contributed by atoms with van der Waals surface area (Å²) in [5.74, 6) is 0.